The van der Waals surface area contributed by atoms with E-state index < -0.39 is 0 Å². The van der Waals surface area contributed by atoms with Crippen molar-refractivity contribution in [3.63, 3.8) is 0 Å². The summed E-state index contributed by atoms with van der Waals surface area (Å²) in [5.41, 5.74) is 7.21. The second-order valence-electron chi connectivity index (χ2n) is 3.65. The summed E-state index contributed by atoms with van der Waals surface area (Å²) in [4.78, 5) is 12.6. The van der Waals surface area contributed by atoms with Gasteiger partial charge >= 0.3 is 0 Å². The zero-order valence-electron chi connectivity index (χ0n) is 9.97. The van der Waals surface area contributed by atoms with E-state index in [2.05, 4.69) is 5.32 Å². The van der Waals surface area contributed by atoms with Gasteiger partial charge in [0, 0.05) is 22.7 Å². The number of nitrogens with two attached hydrogens (primary N) is 1. The number of rotatable bonds is 4. The largest absolute Gasteiger partial charge is 0.398 e. The van der Waals surface area contributed by atoms with Crippen LogP contribution < -0.4 is 11.1 Å². The van der Waals surface area contributed by atoms with Crippen LogP contribution in [-0.4, -0.2) is 12.5 Å². The molecular formula is C13H14N2OS2. The van der Waals surface area contributed by atoms with Crippen molar-refractivity contribution < 1.29 is 4.79 Å². The van der Waals surface area contributed by atoms with Crippen LogP contribution in [0.5, 0.6) is 0 Å². The average molecular weight is 278 g/mol. The van der Waals surface area contributed by atoms with Crippen molar-refractivity contribution in [2.45, 2.75) is 16.0 Å². The van der Waals surface area contributed by atoms with E-state index in [4.69, 9.17) is 5.73 Å². The van der Waals surface area contributed by atoms with E-state index in [0.29, 0.717) is 17.8 Å². The van der Waals surface area contributed by atoms with Crippen LogP contribution in [0.15, 0.2) is 44.8 Å². The number of hydrogen-bond donors (Lipinski definition) is 2. The van der Waals surface area contributed by atoms with E-state index in [9.17, 15) is 4.79 Å². The molecule has 94 valence electrons. The molecule has 0 saturated heterocycles. The molecule has 0 radical (unpaired) electrons. The first-order valence-electron chi connectivity index (χ1n) is 5.59. The van der Waals surface area contributed by atoms with Gasteiger partial charge in [-0.1, -0.05) is 17.8 Å². The molecule has 1 amide bonds. The molecule has 0 spiro atoms. The minimum Gasteiger partial charge on any atom is -0.398 e. The Kier molecular flexibility index (Phi) is 4.28. The summed E-state index contributed by atoms with van der Waals surface area (Å²) in [7, 11) is 0. The van der Waals surface area contributed by atoms with Gasteiger partial charge in [0.25, 0.3) is 5.91 Å². The van der Waals surface area contributed by atoms with Gasteiger partial charge in [-0.3, -0.25) is 4.79 Å². The minimum absolute atomic E-state index is 0.0862. The monoisotopic (exact) mass is 278 g/mol. The van der Waals surface area contributed by atoms with Gasteiger partial charge in [-0.15, -0.1) is 11.3 Å². The van der Waals surface area contributed by atoms with Gasteiger partial charge in [0.1, 0.15) is 0 Å². The number of benzene rings is 1. The SMILES string of the molecule is CCNC(=O)c1ccc(Sc2cccs2)c(N)c1. The highest BCUT2D eigenvalue weighted by molar-refractivity contribution is 8.01. The zero-order chi connectivity index (χ0) is 13.0. The molecule has 0 aliphatic carbocycles. The maximum atomic E-state index is 11.7. The van der Waals surface area contributed by atoms with Crippen molar-refractivity contribution in [1.29, 1.82) is 0 Å². The fourth-order valence-electron chi connectivity index (χ4n) is 1.48. The number of thiophene rings is 1. The molecular weight excluding hydrogens is 264 g/mol. The van der Waals surface area contributed by atoms with Crippen LogP contribution in [0.1, 0.15) is 17.3 Å². The average Bonchev–Trinajstić information content (AvgIpc) is 2.85. The molecule has 3 nitrogen and oxygen atoms in total. The maximum Gasteiger partial charge on any atom is 0.251 e. The number of carbonyl (C=O) groups is 1. The number of carbonyl (C=O) groups excluding carboxylic acids is 1. The minimum atomic E-state index is -0.0862. The molecule has 2 rings (SSSR count). The second kappa shape index (κ2) is 5.93. The molecule has 0 atom stereocenters. The van der Waals surface area contributed by atoms with Crippen LogP contribution in [-0.2, 0) is 0 Å². The van der Waals surface area contributed by atoms with E-state index in [1.807, 2.05) is 30.5 Å². The molecule has 0 bridgehead atoms. The molecule has 18 heavy (non-hydrogen) atoms. The first-order valence-corrected chi connectivity index (χ1v) is 7.29. The lowest BCUT2D eigenvalue weighted by Crippen LogP contribution is -2.22. The fourth-order valence-corrected chi connectivity index (χ4v) is 3.23. The van der Waals surface area contributed by atoms with E-state index in [0.717, 1.165) is 4.90 Å². The van der Waals surface area contributed by atoms with Crippen LogP contribution in [0.3, 0.4) is 0 Å². The number of nitrogens with one attached hydrogen (secondary N) is 1. The zero-order valence-corrected chi connectivity index (χ0v) is 11.6. The van der Waals surface area contributed by atoms with Gasteiger partial charge < -0.3 is 11.1 Å². The first kappa shape index (κ1) is 13.0. The van der Waals surface area contributed by atoms with Gasteiger partial charge in [0.2, 0.25) is 0 Å². The van der Waals surface area contributed by atoms with Crippen molar-refractivity contribution in [3.8, 4) is 0 Å². The molecule has 0 aliphatic rings. The Balaban J connectivity index is 2.17. The van der Waals surface area contributed by atoms with Gasteiger partial charge in [-0.2, -0.15) is 0 Å². The van der Waals surface area contributed by atoms with E-state index in [-0.39, 0.29) is 5.91 Å². The summed E-state index contributed by atoms with van der Waals surface area (Å²) >= 11 is 3.29. The Labute approximate surface area is 114 Å². The van der Waals surface area contributed by atoms with Crippen LogP contribution >= 0.6 is 23.1 Å². The smallest absolute Gasteiger partial charge is 0.251 e. The van der Waals surface area contributed by atoms with E-state index >= 15 is 0 Å². The summed E-state index contributed by atoms with van der Waals surface area (Å²) in [5, 5.41) is 4.78. The fraction of sp³-hybridized carbons (Fsp3) is 0.154. The number of amides is 1. The molecule has 1 heterocycles. The van der Waals surface area contributed by atoms with Gasteiger partial charge in [0.05, 0.1) is 4.21 Å². The van der Waals surface area contributed by atoms with Crippen molar-refractivity contribution in [2.24, 2.45) is 0 Å². The maximum absolute atomic E-state index is 11.7. The Morgan fingerprint density at radius 2 is 2.28 bits per heavy atom. The quantitative estimate of drug-likeness (QED) is 0.844. The normalized spacial score (nSPS) is 10.3. The van der Waals surface area contributed by atoms with Crippen molar-refractivity contribution in [1.82, 2.24) is 5.32 Å². The van der Waals surface area contributed by atoms with Crippen LogP contribution in [0.2, 0.25) is 0 Å². The predicted molar refractivity (Wildman–Crippen MR) is 77.3 cm³/mol. The molecule has 1 aromatic heterocycles. The highest BCUT2D eigenvalue weighted by Gasteiger charge is 2.08. The summed E-state index contributed by atoms with van der Waals surface area (Å²) in [6, 6.07) is 9.47. The third kappa shape index (κ3) is 3.05. The highest BCUT2D eigenvalue weighted by Crippen LogP contribution is 2.35. The third-order valence-electron chi connectivity index (χ3n) is 2.31. The molecule has 3 N–H and O–H groups in total. The van der Waals surface area contributed by atoms with E-state index in [1.54, 1.807) is 35.2 Å². The summed E-state index contributed by atoms with van der Waals surface area (Å²) in [6.07, 6.45) is 0. The highest BCUT2D eigenvalue weighted by atomic mass is 32.2. The Hall–Kier alpha value is -1.46. The predicted octanol–water partition coefficient (Wildman–Crippen LogP) is 3.23. The molecule has 0 aliphatic heterocycles. The van der Waals surface area contributed by atoms with Crippen molar-refractivity contribution in [3.05, 3.63) is 41.3 Å². The molecule has 0 unspecified atom stereocenters. The van der Waals surface area contributed by atoms with Gasteiger partial charge in [-0.25, -0.2) is 0 Å². The number of hydrogen-bond acceptors (Lipinski definition) is 4. The number of anilines is 1. The molecule has 1 aromatic carbocycles. The van der Waals surface area contributed by atoms with Gasteiger partial charge in [0.15, 0.2) is 0 Å². The standard InChI is InChI=1S/C13H14N2OS2/c1-2-15-13(16)9-5-6-11(10(14)8-9)18-12-4-3-7-17-12/h3-8H,2,14H2,1H3,(H,15,16). The summed E-state index contributed by atoms with van der Waals surface area (Å²) < 4.78 is 1.19. The van der Waals surface area contributed by atoms with Crippen LogP contribution in [0.25, 0.3) is 0 Å². The van der Waals surface area contributed by atoms with Gasteiger partial charge in [-0.05, 0) is 36.6 Å². The lowest BCUT2D eigenvalue weighted by atomic mass is 10.2. The molecule has 0 fully saturated rings. The summed E-state index contributed by atoms with van der Waals surface area (Å²) in [5.74, 6) is -0.0862. The Bertz CT molecular complexity index is 538. The van der Waals surface area contributed by atoms with E-state index in [1.165, 1.54) is 4.21 Å². The number of nitrogen functional groups attached to an aromatic ring is 1. The first-order chi connectivity index (χ1) is 8.70. The van der Waals surface area contributed by atoms with Crippen molar-refractivity contribution in [2.75, 3.05) is 12.3 Å². The summed E-state index contributed by atoms with van der Waals surface area (Å²) in [6.45, 7) is 2.51. The third-order valence-corrected chi connectivity index (χ3v) is 4.44. The van der Waals surface area contributed by atoms with Crippen LogP contribution in [0.4, 0.5) is 5.69 Å². The second-order valence-corrected chi connectivity index (χ2v) is 5.94. The topological polar surface area (TPSA) is 55.1 Å². The van der Waals surface area contributed by atoms with Crippen molar-refractivity contribution >= 4 is 34.7 Å². The molecule has 0 saturated carbocycles. The Morgan fingerprint density at radius 3 is 2.89 bits per heavy atom. The lowest BCUT2D eigenvalue weighted by molar-refractivity contribution is 0.0956. The Morgan fingerprint density at radius 1 is 1.44 bits per heavy atom. The molecule has 5 heteroatoms. The molecule has 2 aromatic rings. The van der Waals surface area contributed by atoms with Crippen LogP contribution in [0, 0.1) is 0 Å². The lowest BCUT2D eigenvalue weighted by Gasteiger charge is -2.07.